The Morgan fingerprint density at radius 1 is 1.44 bits per heavy atom. The van der Waals surface area contributed by atoms with Crippen LogP contribution < -0.4 is 15.4 Å². The zero-order valence-corrected chi connectivity index (χ0v) is 9.91. The average molecular weight is 222 g/mol. The van der Waals surface area contributed by atoms with Crippen LogP contribution in [-0.4, -0.2) is 26.6 Å². The van der Waals surface area contributed by atoms with E-state index < -0.39 is 0 Å². The third-order valence-corrected chi connectivity index (χ3v) is 2.45. The minimum absolute atomic E-state index is 0.0262. The summed E-state index contributed by atoms with van der Waals surface area (Å²) in [4.78, 5) is 11.1. The van der Waals surface area contributed by atoms with Gasteiger partial charge in [0.2, 0.25) is 5.91 Å². The maximum Gasteiger partial charge on any atom is 0.233 e. The van der Waals surface area contributed by atoms with E-state index in [2.05, 4.69) is 10.6 Å². The number of ether oxygens (including phenoxy) is 1. The Labute approximate surface area is 96.0 Å². The lowest BCUT2D eigenvalue weighted by molar-refractivity contribution is -0.119. The second kappa shape index (κ2) is 6.12. The first kappa shape index (κ1) is 12.5. The first-order valence-corrected chi connectivity index (χ1v) is 5.26. The molecule has 1 unspecified atom stereocenters. The fourth-order valence-electron chi connectivity index (χ4n) is 1.47. The summed E-state index contributed by atoms with van der Waals surface area (Å²) in [6, 6.07) is 7.85. The number of benzene rings is 1. The van der Waals surface area contributed by atoms with Crippen LogP contribution in [0.5, 0.6) is 5.75 Å². The zero-order valence-electron chi connectivity index (χ0n) is 9.91. The van der Waals surface area contributed by atoms with Gasteiger partial charge in [-0.1, -0.05) is 18.2 Å². The Bertz CT molecular complexity index is 353. The number of hydrogen-bond acceptors (Lipinski definition) is 3. The maximum absolute atomic E-state index is 11.1. The molecule has 0 heterocycles. The SMILES string of the molecule is CNC(=O)CNC(C)c1ccccc1OC. The predicted molar refractivity (Wildman–Crippen MR) is 63.5 cm³/mol. The van der Waals surface area contributed by atoms with Gasteiger partial charge in [-0.05, 0) is 13.0 Å². The molecule has 0 aliphatic heterocycles. The molecule has 4 heteroatoms. The van der Waals surface area contributed by atoms with Crippen molar-refractivity contribution in [2.75, 3.05) is 20.7 Å². The molecule has 0 bridgehead atoms. The van der Waals surface area contributed by atoms with Crippen LogP contribution in [0.4, 0.5) is 0 Å². The number of amides is 1. The third-order valence-electron chi connectivity index (χ3n) is 2.45. The first-order valence-electron chi connectivity index (χ1n) is 5.26. The number of likely N-dealkylation sites (N-methyl/N-ethyl adjacent to an activating group) is 1. The number of rotatable bonds is 5. The molecule has 16 heavy (non-hydrogen) atoms. The van der Waals surface area contributed by atoms with Crippen LogP contribution in [0, 0.1) is 0 Å². The minimum Gasteiger partial charge on any atom is -0.496 e. The molecule has 1 rings (SSSR count). The molecule has 2 N–H and O–H groups in total. The first-order chi connectivity index (χ1) is 7.69. The normalized spacial score (nSPS) is 11.9. The van der Waals surface area contributed by atoms with Crippen molar-refractivity contribution < 1.29 is 9.53 Å². The van der Waals surface area contributed by atoms with Crippen molar-refractivity contribution in [3.05, 3.63) is 29.8 Å². The van der Waals surface area contributed by atoms with E-state index in [1.165, 1.54) is 0 Å². The van der Waals surface area contributed by atoms with Crippen molar-refractivity contribution in [3.63, 3.8) is 0 Å². The van der Waals surface area contributed by atoms with E-state index in [-0.39, 0.29) is 11.9 Å². The molecule has 1 atom stereocenters. The quantitative estimate of drug-likeness (QED) is 0.784. The number of methoxy groups -OCH3 is 1. The Hall–Kier alpha value is -1.55. The standard InChI is InChI=1S/C12H18N2O2/c1-9(14-8-12(15)13-2)10-6-4-5-7-11(10)16-3/h4-7,9,14H,8H2,1-3H3,(H,13,15). The highest BCUT2D eigenvalue weighted by Gasteiger charge is 2.10. The van der Waals surface area contributed by atoms with Gasteiger partial charge in [-0.2, -0.15) is 0 Å². The van der Waals surface area contributed by atoms with Crippen molar-refractivity contribution in [1.82, 2.24) is 10.6 Å². The number of carbonyl (C=O) groups is 1. The van der Waals surface area contributed by atoms with E-state index in [0.717, 1.165) is 11.3 Å². The highest BCUT2D eigenvalue weighted by Crippen LogP contribution is 2.23. The molecule has 0 aromatic heterocycles. The summed E-state index contributed by atoms with van der Waals surface area (Å²) in [6.45, 7) is 2.30. The Balaban J connectivity index is 2.65. The molecule has 0 aliphatic carbocycles. The van der Waals surface area contributed by atoms with Gasteiger partial charge in [-0.25, -0.2) is 0 Å². The van der Waals surface area contributed by atoms with Gasteiger partial charge >= 0.3 is 0 Å². The molecule has 1 amide bonds. The molecule has 0 fully saturated rings. The molecule has 0 saturated carbocycles. The Morgan fingerprint density at radius 2 is 2.12 bits per heavy atom. The molecule has 1 aromatic rings. The van der Waals surface area contributed by atoms with Crippen molar-refractivity contribution in [2.45, 2.75) is 13.0 Å². The summed E-state index contributed by atoms with van der Waals surface area (Å²) in [6.07, 6.45) is 0. The van der Waals surface area contributed by atoms with Gasteiger partial charge in [0.15, 0.2) is 0 Å². The van der Waals surface area contributed by atoms with E-state index in [1.54, 1.807) is 14.2 Å². The molecular formula is C12H18N2O2. The lowest BCUT2D eigenvalue weighted by atomic mass is 10.1. The third kappa shape index (κ3) is 3.24. The molecule has 0 radical (unpaired) electrons. The fraction of sp³-hybridized carbons (Fsp3) is 0.417. The number of para-hydroxylation sites is 1. The highest BCUT2D eigenvalue weighted by molar-refractivity contribution is 5.77. The molecule has 0 spiro atoms. The molecule has 1 aromatic carbocycles. The summed E-state index contributed by atoms with van der Waals surface area (Å²) in [7, 11) is 3.27. The van der Waals surface area contributed by atoms with Crippen LogP contribution in [0.25, 0.3) is 0 Å². The lowest BCUT2D eigenvalue weighted by Crippen LogP contribution is -2.32. The van der Waals surface area contributed by atoms with E-state index in [4.69, 9.17) is 4.74 Å². The van der Waals surface area contributed by atoms with Crippen LogP contribution in [0.15, 0.2) is 24.3 Å². The summed E-state index contributed by atoms with van der Waals surface area (Å²) < 4.78 is 5.26. The highest BCUT2D eigenvalue weighted by atomic mass is 16.5. The zero-order chi connectivity index (χ0) is 12.0. The van der Waals surface area contributed by atoms with E-state index in [1.807, 2.05) is 31.2 Å². The minimum atomic E-state index is -0.0262. The van der Waals surface area contributed by atoms with Crippen LogP contribution in [0.3, 0.4) is 0 Å². The second-order valence-corrected chi connectivity index (χ2v) is 3.52. The van der Waals surface area contributed by atoms with Crippen molar-refractivity contribution in [1.29, 1.82) is 0 Å². The summed E-state index contributed by atoms with van der Waals surface area (Å²) in [5.41, 5.74) is 1.05. The van der Waals surface area contributed by atoms with Gasteiger partial charge < -0.3 is 15.4 Å². The van der Waals surface area contributed by atoms with Gasteiger partial charge in [0, 0.05) is 18.7 Å². The number of carbonyl (C=O) groups excluding carboxylic acids is 1. The monoisotopic (exact) mass is 222 g/mol. The molecular weight excluding hydrogens is 204 g/mol. The molecule has 4 nitrogen and oxygen atoms in total. The van der Waals surface area contributed by atoms with Crippen molar-refractivity contribution >= 4 is 5.91 Å². The Morgan fingerprint density at radius 3 is 2.75 bits per heavy atom. The molecule has 88 valence electrons. The molecule has 0 aliphatic rings. The smallest absolute Gasteiger partial charge is 0.233 e. The predicted octanol–water partition coefficient (Wildman–Crippen LogP) is 1.09. The lowest BCUT2D eigenvalue weighted by Gasteiger charge is -2.16. The van der Waals surface area contributed by atoms with Crippen LogP contribution in [0.1, 0.15) is 18.5 Å². The van der Waals surface area contributed by atoms with Gasteiger partial charge in [0.05, 0.1) is 13.7 Å². The average Bonchev–Trinajstić information content (AvgIpc) is 2.35. The van der Waals surface area contributed by atoms with Crippen molar-refractivity contribution in [2.24, 2.45) is 0 Å². The van der Waals surface area contributed by atoms with Gasteiger partial charge in [0.1, 0.15) is 5.75 Å². The van der Waals surface area contributed by atoms with E-state index in [0.29, 0.717) is 6.54 Å². The van der Waals surface area contributed by atoms with Gasteiger partial charge in [-0.3, -0.25) is 4.79 Å². The van der Waals surface area contributed by atoms with Gasteiger partial charge in [0.25, 0.3) is 0 Å². The largest absolute Gasteiger partial charge is 0.496 e. The number of hydrogen-bond donors (Lipinski definition) is 2. The number of nitrogens with one attached hydrogen (secondary N) is 2. The van der Waals surface area contributed by atoms with E-state index in [9.17, 15) is 4.79 Å². The van der Waals surface area contributed by atoms with Crippen LogP contribution >= 0.6 is 0 Å². The molecule has 0 saturated heterocycles. The summed E-state index contributed by atoms with van der Waals surface area (Å²) in [5.74, 6) is 0.807. The summed E-state index contributed by atoms with van der Waals surface area (Å²) >= 11 is 0. The van der Waals surface area contributed by atoms with Crippen molar-refractivity contribution in [3.8, 4) is 5.75 Å². The topological polar surface area (TPSA) is 50.4 Å². The fourth-order valence-corrected chi connectivity index (χ4v) is 1.47. The summed E-state index contributed by atoms with van der Waals surface area (Å²) in [5, 5.41) is 5.70. The van der Waals surface area contributed by atoms with Gasteiger partial charge in [-0.15, -0.1) is 0 Å². The maximum atomic E-state index is 11.1. The van der Waals surface area contributed by atoms with Crippen LogP contribution in [-0.2, 0) is 4.79 Å². The second-order valence-electron chi connectivity index (χ2n) is 3.52. The van der Waals surface area contributed by atoms with E-state index >= 15 is 0 Å². The van der Waals surface area contributed by atoms with Crippen LogP contribution in [0.2, 0.25) is 0 Å². The Kier molecular flexibility index (Phi) is 4.79.